The van der Waals surface area contributed by atoms with E-state index in [9.17, 15) is 4.79 Å². The Kier molecular flexibility index (Phi) is 7.31. The van der Waals surface area contributed by atoms with E-state index in [1.165, 1.54) is 6.08 Å². The predicted octanol–water partition coefficient (Wildman–Crippen LogP) is 6.57. The monoisotopic (exact) mass is 407 g/mol. The fourth-order valence-corrected chi connectivity index (χ4v) is 2.72. The van der Waals surface area contributed by atoms with Gasteiger partial charge in [0, 0.05) is 11.1 Å². The first-order valence-electron chi connectivity index (χ1n) is 9.38. The van der Waals surface area contributed by atoms with Crippen LogP contribution in [0.3, 0.4) is 0 Å². The summed E-state index contributed by atoms with van der Waals surface area (Å²) in [5, 5.41) is 3.33. The Morgan fingerprint density at radius 2 is 1.76 bits per heavy atom. The highest BCUT2D eigenvalue weighted by molar-refractivity contribution is 6.31. The molecule has 0 atom stereocenters. The van der Waals surface area contributed by atoms with Crippen molar-refractivity contribution in [2.75, 3.05) is 11.9 Å². The van der Waals surface area contributed by atoms with Crippen molar-refractivity contribution in [3.8, 4) is 17.2 Å². The number of amides is 1. The van der Waals surface area contributed by atoms with Crippen LogP contribution in [0.4, 0.5) is 5.69 Å². The van der Waals surface area contributed by atoms with E-state index in [0.29, 0.717) is 28.8 Å². The summed E-state index contributed by atoms with van der Waals surface area (Å²) in [5.41, 5.74) is 1.40. The number of rotatable bonds is 8. The van der Waals surface area contributed by atoms with Crippen LogP contribution in [-0.4, -0.2) is 12.5 Å². The third kappa shape index (κ3) is 6.40. The fourth-order valence-electron chi connectivity index (χ4n) is 2.55. The number of carbonyl (C=O) groups is 1. The van der Waals surface area contributed by atoms with Gasteiger partial charge in [0.25, 0.3) is 0 Å². The number of halogens is 1. The second-order valence-electron chi connectivity index (χ2n) is 6.30. The molecule has 3 aromatic rings. The summed E-state index contributed by atoms with van der Waals surface area (Å²) >= 11 is 6.09. The van der Waals surface area contributed by atoms with Crippen LogP contribution in [0.2, 0.25) is 5.02 Å². The lowest BCUT2D eigenvalue weighted by Gasteiger charge is -2.12. The van der Waals surface area contributed by atoms with E-state index in [0.717, 1.165) is 17.7 Å². The molecule has 148 valence electrons. The number of carbonyl (C=O) groups excluding carboxylic acids is 1. The van der Waals surface area contributed by atoms with Crippen LogP contribution in [0.25, 0.3) is 6.08 Å². The Bertz CT molecular complexity index is 969. The summed E-state index contributed by atoms with van der Waals surface area (Å²) in [4.78, 5) is 12.4. The van der Waals surface area contributed by atoms with Crippen LogP contribution in [0.1, 0.15) is 18.9 Å². The van der Waals surface area contributed by atoms with Crippen molar-refractivity contribution >= 4 is 29.3 Å². The van der Waals surface area contributed by atoms with Gasteiger partial charge in [-0.1, -0.05) is 48.9 Å². The molecular weight excluding hydrogens is 386 g/mol. The lowest BCUT2D eigenvalue weighted by atomic mass is 10.2. The smallest absolute Gasteiger partial charge is 0.248 e. The van der Waals surface area contributed by atoms with Gasteiger partial charge in [0.1, 0.15) is 11.5 Å². The van der Waals surface area contributed by atoms with Gasteiger partial charge in [0.05, 0.1) is 12.3 Å². The molecule has 1 N–H and O–H groups in total. The quantitative estimate of drug-likeness (QED) is 0.429. The molecule has 0 saturated heterocycles. The van der Waals surface area contributed by atoms with Gasteiger partial charge in [0.2, 0.25) is 5.91 Å². The van der Waals surface area contributed by atoms with Crippen molar-refractivity contribution in [3.63, 3.8) is 0 Å². The summed E-state index contributed by atoms with van der Waals surface area (Å²) in [6.45, 7) is 2.75. The average Bonchev–Trinajstić information content (AvgIpc) is 2.74. The van der Waals surface area contributed by atoms with E-state index >= 15 is 0 Å². The van der Waals surface area contributed by atoms with Gasteiger partial charge in [-0.2, -0.15) is 0 Å². The molecule has 0 aliphatic rings. The van der Waals surface area contributed by atoms with Gasteiger partial charge in [-0.25, -0.2) is 0 Å². The van der Waals surface area contributed by atoms with E-state index in [1.54, 1.807) is 24.3 Å². The van der Waals surface area contributed by atoms with Gasteiger partial charge >= 0.3 is 0 Å². The van der Waals surface area contributed by atoms with Crippen LogP contribution in [0, 0.1) is 0 Å². The SMILES string of the molecule is CCCOc1ccc(/C=C/C(=O)Nc2cc(Cl)ccc2Oc2ccccc2)cc1. The van der Waals surface area contributed by atoms with E-state index in [-0.39, 0.29) is 5.91 Å². The van der Waals surface area contributed by atoms with E-state index in [1.807, 2.05) is 54.6 Å². The molecule has 0 aliphatic carbocycles. The molecular formula is C24H22ClNO3. The maximum absolute atomic E-state index is 12.4. The summed E-state index contributed by atoms with van der Waals surface area (Å²) in [6, 6.07) is 22.0. The molecule has 0 heterocycles. The van der Waals surface area contributed by atoms with Crippen LogP contribution in [0.5, 0.6) is 17.2 Å². The van der Waals surface area contributed by atoms with Crippen LogP contribution in [-0.2, 0) is 4.79 Å². The van der Waals surface area contributed by atoms with Gasteiger partial charge in [0.15, 0.2) is 5.75 Å². The number of benzene rings is 3. The van der Waals surface area contributed by atoms with Crippen molar-refractivity contribution in [2.24, 2.45) is 0 Å². The molecule has 3 aromatic carbocycles. The predicted molar refractivity (Wildman–Crippen MR) is 118 cm³/mol. The molecule has 0 spiro atoms. The van der Waals surface area contributed by atoms with Crippen molar-refractivity contribution < 1.29 is 14.3 Å². The van der Waals surface area contributed by atoms with Gasteiger partial charge < -0.3 is 14.8 Å². The topological polar surface area (TPSA) is 47.6 Å². The molecule has 0 bridgehead atoms. The molecule has 0 radical (unpaired) electrons. The zero-order valence-electron chi connectivity index (χ0n) is 16.1. The van der Waals surface area contributed by atoms with Crippen molar-refractivity contribution in [1.29, 1.82) is 0 Å². The highest BCUT2D eigenvalue weighted by Crippen LogP contribution is 2.32. The van der Waals surface area contributed by atoms with Crippen molar-refractivity contribution in [1.82, 2.24) is 0 Å². The Labute approximate surface area is 175 Å². The zero-order valence-corrected chi connectivity index (χ0v) is 16.9. The largest absolute Gasteiger partial charge is 0.494 e. The minimum Gasteiger partial charge on any atom is -0.494 e. The molecule has 0 aromatic heterocycles. The molecule has 3 rings (SSSR count). The number of ether oxygens (including phenoxy) is 2. The van der Waals surface area contributed by atoms with E-state index in [2.05, 4.69) is 12.2 Å². The molecule has 1 amide bonds. The number of anilines is 1. The summed E-state index contributed by atoms with van der Waals surface area (Å²) in [5.74, 6) is 1.72. The molecule has 4 nitrogen and oxygen atoms in total. The number of hydrogen-bond donors (Lipinski definition) is 1. The minimum atomic E-state index is -0.281. The molecule has 0 unspecified atom stereocenters. The summed E-state index contributed by atoms with van der Waals surface area (Å²) in [6.07, 6.45) is 4.16. The Morgan fingerprint density at radius 1 is 1.00 bits per heavy atom. The third-order valence-electron chi connectivity index (χ3n) is 3.95. The number of hydrogen-bond acceptors (Lipinski definition) is 3. The first-order chi connectivity index (χ1) is 14.1. The minimum absolute atomic E-state index is 0.281. The lowest BCUT2D eigenvalue weighted by molar-refractivity contribution is -0.111. The highest BCUT2D eigenvalue weighted by Gasteiger charge is 2.08. The second-order valence-corrected chi connectivity index (χ2v) is 6.73. The Morgan fingerprint density at radius 3 is 2.48 bits per heavy atom. The average molecular weight is 408 g/mol. The van der Waals surface area contributed by atoms with Gasteiger partial charge in [-0.15, -0.1) is 0 Å². The maximum Gasteiger partial charge on any atom is 0.248 e. The van der Waals surface area contributed by atoms with Gasteiger partial charge in [-0.3, -0.25) is 4.79 Å². The van der Waals surface area contributed by atoms with Crippen LogP contribution < -0.4 is 14.8 Å². The standard InChI is InChI=1S/C24H22ClNO3/c1-2-16-28-20-12-8-18(9-13-20)10-15-24(27)26-22-17-19(25)11-14-23(22)29-21-6-4-3-5-7-21/h3-15,17H,2,16H2,1H3,(H,26,27)/b15-10+. The van der Waals surface area contributed by atoms with E-state index in [4.69, 9.17) is 21.1 Å². The third-order valence-corrected chi connectivity index (χ3v) is 4.19. The van der Waals surface area contributed by atoms with Crippen LogP contribution in [0.15, 0.2) is 78.9 Å². The zero-order chi connectivity index (χ0) is 20.5. The van der Waals surface area contributed by atoms with Crippen molar-refractivity contribution in [2.45, 2.75) is 13.3 Å². The molecule has 0 fully saturated rings. The number of para-hydroxylation sites is 1. The first-order valence-corrected chi connectivity index (χ1v) is 9.76. The first kappa shape index (κ1) is 20.5. The Hall–Kier alpha value is -3.24. The number of nitrogens with one attached hydrogen (secondary N) is 1. The highest BCUT2D eigenvalue weighted by atomic mass is 35.5. The molecule has 5 heteroatoms. The summed E-state index contributed by atoms with van der Waals surface area (Å²) < 4.78 is 11.4. The summed E-state index contributed by atoms with van der Waals surface area (Å²) in [7, 11) is 0. The normalized spacial score (nSPS) is 10.7. The molecule has 29 heavy (non-hydrogen) atoms. The lowest BCUT2D eigenvalue weighted by Crippen LogP contribution is -2.08. The fraction of sp³-hybridized carbons (Fsp3) is 0.125. The Balaban J connectivity index is 1.67. The molecule has 0 saturated carbocycles. The van der Waals surface area contributed by atoms with Crippen molar-refractivity contribution in [3.05, 3.63) is 89.5 Å². The second kappa shape index (κ2) is 10.3. The van der Waals surface area contributed by atoms with E-state index < -0.39 is 0 Å². The molecule has 0 aliphatic heterocycles. The maximum atomic E-state index is 12.4. The van der Waals surface area contributed by atoms with Crippen LogP contribution >= 0.6 is 11.6 Å². The van der Waals surface area contributed by atoms with Gasteiger partial charge in [-0.05, 0) is 60.5 Å².